The molecule has 0 aromatic heterocycles. The Morgan fingerprint density at radius 1 is 0.440 bits per heavy atom. The topological polar surface area (TPSA) is 307 Å². The van der Waals surface area contributed by atoms with Crippen LogP contribution in [0.5, 0.6) is 0 Å². The second-order valence-electron chi connectivity index (χ2n) is 23.6. The molecule has 3 aliphatic rings. The maximum atomic E-state index is 13.3. The Bertz CT molecular complexity index is 1720. The second-order valence-corrected chi connectivity index (χ2v) is 23.6. The molecule has 3 aliphatic heterocycles. The minimum Gasteiger partial charge on any atom is -0.394 e. The van der Waals surface area contributed by atoms with E-state index < -0.39 is 124 Å². The summed E-state index contributed by atoms with van der Waals surface area (Å²) in [4.78, 5) is 13.3. The molecular formula is C65H117NO18. The maximum Gasteiger partial charge on any atom is 0.220 e. The molecule has 0 saturated carbocycles. The minimum absolute atomic E-state index is 0.144. The molecule has 19 nitrogen and oxygen atoms in total. The molecule has 490 valence electrons. The van der Waals surface area contributed by atoms with Crippen molar-refractivity contribution in [2.24, 2.45) is 0 Å². The van der Waals surface area contributed by atoms with Gasteiger partial charge in [-0.25, -0.2) is 0 Å². The fourth-order valence-corrected chi connectivity index (χ4v) is 11.1. The summed E-state index contributed by atoms with van der Waals surface area (Å²) in [6.07, 6.45) is 28.0. The van der Waals surface area contributed by atoms with Crippen molar-refractivity contribution >= 4 is 5.91 Å². The minimum atomic E-state index is -1.98. The number of aliphatic hydroxyl groups is 11. The molecule has 0 aromatic rings. The average molecular weight is 1200 g/mol. The molecule has 17 atom stereocenters. The number of hydrogen-bond acceptors (Lipinski definition) is 18. The second kappa shape index (κ2) is 47.7. The van der Waals surface area contributed by atoms with Crippen molar-refractivity contribution in [1.82, 2.24) is 5.32 Å². The van der Waals surface area contributed by atoms with Crippen LogP contribution in [0.25, 0.3) is 0 Å². The highest BCUT2D eigenvalue weighted by molar-refractivity contribution is 5.76. The van der Waals surface area contributed by atoms with E-state index in [1.54, 1.807) is 0 Å². The van der Waals surface area contributed by atoms with Gasteiger partial charge in [-0.15, -0.1) is 0 Å². The number of rotatable bonds is 49. The molecule has 19 heteroatoms. The van der Waals surface area contributed by atoms with Crippen molar-refractivity contribution in [2.75, 3.05) is 26.4 Å². The van der Waals surface area contributed by atoms with Gasteiger partial charge in [-0.05, 0) is 38.5 Å². The van der Waals surface area contributed by atoms with E-state index in [2.05, 4.69) is 55.6 Å². The number of carbonyl (C=O) groups excluding carboxylic acids is 1. The van der Waals surface area contributed by atoms with E-state index in [0.717, 1.165) is 44.9 Å². The molecule has 17 unspecified atom stereocenters. The third-order valence-corrected chi connectivity index (χ3v) is 16.4. The standard InChI is InChI=1S/C65H117NO18/c1-3-5-7-9-11-13-15-17-18-19-20-21-22-23-24-25-26-27-28-29-31-32-34-36-38-40-42-49(70)48(66-53(71)43-41-39-37-35-33-30-16-14-12-10-8-6-4-2)47-79-63-59(77)56(74)61(51(45-68)81-63)84-65-60(78)57(75)62(52(46-69)82-65)83-64-58(76)55(73)54(72)50(44-67)80-64/h6,8,12,14,30,33,37,39,48-52,54-65,67-70,72-78H,3-5,7,9-11,13,15-29,31-32,34-36,38,40-47H2,1-2H3,(H,66,71)/b8-6-,14-12-,33-30-,39-37-. The van der Waals surface area contributed by atoms with Crippen molar-refractivity contribution in [3.63, 3.8) is 0 Å². The van der Waals surface area contributed by atoms with E-state index in [4.69, 9.17) is 28.4 Å². The van der Waals surface area contributed by atoms with Crippen molar-refractivity contribution in [2.45, 2.75) is 330 Å². The van der Waals surface area contributed by atoms with Gasteiger partial charge in [0.1, 0.15) is 73.2 Å². The largest absolute Gasteiger partial charge is 0.394 e. The Hall–Kier alpha value is -2.25. The molecule has 3 fully saturated rings. The molecule has 84 heavy (non-hydrogen) atoms. The first-order valence-corrected chi connectivity index (χ1v) is 32.9. The Labute approximate surface area is 503 Å². The normalized spacial score (nSPS) is 29.5. The fourth-order valence-electron chi connectivity index (χ4n) is 11.1. The van der Waals surface area contributed by atoms with Crippen LogP contribution in [0.4, 0.5) is 0 Å². The van der Waals surface area contributed by atoms with Gasteiger partial charge in [0.25, 0.3) is 0 Å². The number of carbonyl (C=O) groups is 1. The summed E-state index contributed by atoms with van der Waals surface area (Å²) in [5.41, 5.74) is 0. The number of allylic oxidation sites excluding steroid dienone is 8. The van der Waals surface area contributed by atoms with Gasteiger partial charge >= 0.3 is 0 Å². The quantitative estimate of drug-likeness (QED) is 0.0208. The molecule has 0 spiro atoms. The lowest BCUT2D eigenvalue weighted by Gasteiger charge is -2.48. The molecule has 1 amide bonds. The maximum absolute atomic E-state index is 13.3. The molecule has 3 heterocycles. The van der Waals surface area contributed by atoms with Crippen LogP contribution in [-0.4, -0.2) is 193 Å². The Morgan fingerprint density at radius 2 is 0.798 bits per heavy atom. The molecule has 0 bridgehead atoms. The molecule has 3 saturated heterocycles. The van der Waals surface area contributed by atoms with Gasteiger partial charge in [-0.2, -0.15) is 0 Å². The van der Waals surface area contributed by atoms with Gasteiger partial charge in [-0.1, -0.05) is 229 Å². The number of hydrogen-bond donors (Lipinski definition) is 12. The van der Waals surface area contributed by atoms with Gasteiger partial charge in [0.15, 0.2) is 18.9 Å². The number of ether oxygens (including phenoxy) is 6. The third kappa shape index (κ3) is 30.3. The average Bonchev–Trinajstić information content (AvgIpc) is 2.92. The third-order valence-electron chi connectivity index (χ3n) is 16.4. The number of nitrogens with one attached hydrogen (secondary N) is 1. The van der Waals surface area contributed by atoms with Crippen LogP contribution in [0.3, 0.4) is 0 Å². The van der Waals surface area contributed by atoms with E-state index in [1.165, 1.54) is 141 Å². The van der Waals surface area contributed by atoms with Crippen LogP contribution in [0.1, 0.15) is 226 Å². The molecule has 0 aromatic carbocycles. The summed E-state index contributed by atoms with van der Waals surface area (Å²) >= 11 is 0. The van der Waals surface area contributed by atoms with E-state index in [1.807, 2.05) is 12.2 Å². The fraction of sp³-hybridized carbons (Fsp3) is 0.862. The Balaban J connectivity index is 1.43. The van der Waals surface area contributed by atoms with Crippen molar-refractivity contribution in [3.05, 3.63) is 48.6 Å². The molecular weight excluding hydrogens is 1080 g/mol. The highest BCUT2D eigenvalue weighted by Crippen LogP contribution is 2.33. The zero-order chi connectivity index (χ0) is 61.2. The summed E-state index contributed by atoms with van der Waals surface area (Å²) in [5.74, 6) is -0.322. The van der Waals surface area contributed by atoms with Crippen molar-refractivity contribution in [1.29, 1.82) is 0 Å². The van der Waals surface area contributed by atoms with Gasteiger partial charge < -0.3 is 89.9 Å². The smallest absolute Gasteiger partial charge is 0.220 e. The van der Waals surface area contributed by atoms with Crippen LogP contribution in [0.2, 0.25) is 0 Å². The SMILES string of the molecule is CC/C=C\C/C=C\C/C=C\C/C=C\CCC(=O)NC(COC1OC(CO)C(OC2OC(CO)C(OC3OC(CO)C(O)C(O)C3O)C(O)C2O)C(O)C1O)C(O)CCCCCCCCCCCCCCCCCCCCCCCCCCCC. The molecule has 0 aliphatic carbocycles. The van der Waals surface area contributed by atoms with Crippen molar-refractivity contribution < 1.29 is 89.4 Å². The molecule has 12 N–H and O–H groups in total. The predicted molar refractivity (Wildman–Crippen MR) is 323 cm³/mol. The summed E-state index contributed by atoms with van der Waals surface area (Å²) in [6.45, 7) is 1.63. The van der Waals surface area contributed by atoms with Crippen LogP contribution in [0.15, 0.2) is 48.6 Å². The number of amides is 1. The van der Waals surface area contributed by atoms with E-state index in [0.29, 0.717) is 19.3 Å². The number of aliphatic hydroxyl groups excluding tert-OH is 11. The first-order chi connectivity index (χ1) is 40.8. The summed E-state index contributed by atoms with van der Waals surface area (Å²) in [7, 11) is 0. The zero-order valence-electron chi connectivity index (χ0n) is 51.4. The first kappa shape index (κ1) is 76.0. The van der Waals surface area contributed by atoms with Crippen LogP contribution in [-0.2, 0) is 33.2 Å². The molecule has 3 rings (SSSR count). The Morgan fingerprint density at radius 3 is 1.21 bits per heavy atom. The van der Waals surface area contributed by atoms with E-state index in [9.17, 15) is 61.0 Å². The number of unbranched alkanes of at least 4 members (excludes halogenated alkanes) is 25. The monoisotopic (exact) mass is 1200 g/mol. The van der Waals surface area contributed by atoms with Crippen LogP contribution >= 0.6 is 0 Å². The summed E-state index contributed by atoms with van der Waals surface area (Å²) < 4.78 is 34.3. The summed E-state index contributed by atoms with van der Waals surface area (Å²) in [6, 6.07) is -0.926. The molecule has 0 radical (unpaired) electrons. The Kier molecular flexibility index (Phi) is 43.2. The van der Waals surface area contributed by atoms with Crippen molar-refractivity contribution in [3.8, 4) is 0 Å². The van der Waals surface area contributed by atoms with Gasteiger partial charge in [0.05, 0.1) is 38.6 Å². The lowest BCUT2D eigenvalue weighted by atomic mass is 9.96. The van der Waals surface area contributed by atoms with Gasteiger partial charge in [0.2, 0.25) is 5.91 Å². The van der Waals surface area contributed by atoms with E-state index >= 15 is 0 Å². The summed E-state index contributed by atoms with van der Waals surface area (Å²) in [5, 5.41) is 120. The predicted octanol–water partition coefficient (Wildman–Crippen LogP) is 7.43. The van der Waals surface area contributed by atoms with Crippen LogP contribution < -0.4 is 5.32 Å². The first-order valence-electron chi connectivity index (χ1n) is 32.9. The van der Waals surface area contributed by atoms with Crippen LogP contribution in [0, 0.1) is 0 Å². The van der Waals surface area contributed by atoms with Gasteiger partial charge in [-0.3, -0.25) is 4.79 Å². The lowest BCUT2D eigenvalue weighted by molar-refractivity contribution is -0.379. The zero-order valence-corrected chi connectivity index (χ0v) is 51.4. The van der Waals surface area contributed by atoms with E-state index in [-0.39, 0.29) is 18.9 Å². The highest BCUT2D eigenvalue weighted by Gasteiger charge is 2.53. The highest BCUT2D eigenvalue weighted by atomic mass is 16.8. The lowest BCUT2D eigenvalue weighted by Crippen LogP contribution is -2.66. The van der Waals surface area contributed by atoms with Gasteiger partial charge in [0, 0.05) is 6.42 Å².